The van der Waals surface area contributed by atoms with Crippen LogP contribution in [0.25, 0.3) is 0 Å². The lowest BCUT2D eigenvalue weighted by Crippen LogP contribution is -2.48. The van der Waals surface area contributed by atoms with Gasteiger partial charge in [-0.2, -0.15) is 4.72 Å². The molecular formula is C20H28N6O3S. The van der Waals surface area contributed by atoms with E-state index in [-0.39, 0.29) is 10.8 Å². The maximum atomic E-state index is 12.3. The van der Waals surface area contributed by atoms with E-state index in [9.17, 15) is 13.2 Å². The molecule has 30 heavy (non-hydrogen) atoms. The van der Waals surface area contributed by atoms with Crippen molar-refractivity contribution in [2.75, 3.05) is 44.2 Å². The molecule has 2 heterocycles. The number of carbonyl (C=O) groups is 1. The first-order chi connectivity index (χ1) is 14.5. The molecule has 10 heteroatoms. The third-order valence-electron chi connectivity index (χ3n) is 4.94. The van der Waals surface area contributed by atoms with Crippen LogP contribution in [0.5, 0.6) is 0 Å². The Kier molecular flexibility index (Phi) is 7.72. The quantitative estimate of drug-likeness (QED) is 0.555. The Morgan fingerprint density at radius 3 is 2.40 bits per heavy atom. The number of hydrogen-bond donors (Lipinski definition) is 2. The van der Waals surface area contributed by atoms with Gasteiger partial charge in [-0.25, -0.2) is 18.4 Å². The predicted octanol–water partition coefficient (Wildman–Crippen LogP) is 0.472. The van der Waals surface area contributed by atoms with Crippen LogP contribution < -0.4 is 14.9 Å². The number of carbonyl (C=O) groups excluding carboxylic acids is 1. The van der Waals surface area contributed by atoms with E-state index in [1.807, 2.05) is 6.07 Å². The molecule has 2 N–H and O–H groups in total. The van der Waals surface area contributed by atoms with Crippen LogP contribution in [-0.4, -0.2) is 74.5 Å². The van der Waals surface area contributed by atoms with Gasteiger partial charge in [0.05, 0.1) is 10.9 Å². The van der Waals surface area contributed by atoms with Crippen LogP contribution in [0, 0.1) is 0 Å². The highest BCUT2D eigenvalue weighted by Gasteiger charge is 2.22. The van der Waals surface area contributed by atoms with Crippen molar-refractivity contribution >= 4 is 21.9 Å². The summed E-state index contributed by atoms with van der Waals surface area (Å²) in [5.74, 6) is 0.428. The van der Waals surface area contributed by atoms with Crippen LogP contribution in [0.4, 0.5) is 5.95 Å². The number of piperazine rings is 1. The second-order valence-electron chi connectivity index (χ2n) is 7.18. The summed E-state index contributed by atoms with van der Waals surface area (Å²) < 4.78 is 27.0. The fraction of sp³-hybridized carbons (Fsp3) is 0.450. The van der Waals surface area contributed by atoms with E-state index in [0.29, 0.717) is 6.54 Å². The fourth-order valence-electron chi connectivity index (χ4n) is 3.25. The zero-order chi connectivity index (χ0) is 21.4. The van der Waals surface area contributed by atoms with Gasteiger partial charge in [0.25, 0.3) is 0 Å². The minimum absolute atomic E-state index is 0.143. The Labute approximate surface area is 177 Å². The first-order valence-electron chi connectivity index (χ1n) is 10.0. The van der Waals surface area contributed by atoms with E-state index in [1.54, 1.807) is 37.5 Å². The van der Waals surface area contributed by atoms with Crippen molar-refractivity contribution < 1.29 is 13.2 Å². The van der Waals surface area contributed by atoms with Crippen molar-refractivity contribution in [3.63, 3.8) is 0 Å². The van der Waals surface area contributed by atoms with E-state index >= 15 is 0 Å². The molecular weight excluding hydrogens is 404 g/mol. The first kappa shape index (κ1) is 22.1. The predicted molar refractivity (Wildman–Crippen MR) is 115 cm³/mol. The average molecular weight is 433 g/mol. The van der Waals surface area contributed by atoms with Gasteiger partial charge in [0.15, 0.2) is 0 Å². The highest BCUT2D eigenvalue weighted by atomic mass is 32.2. The Bertz CT molecular complexity index is 903. The van der Waals surface area contributed by atoms with Crippen molar-refractivity contribution in [3.05, 3.63) is 48.8 Å². The van der Waals surface area contributed by atoms with Crippen LogP contribution in [-0.2, 0) is 14.8 Å². The number of nitrogens with zero attached hydrogens (tertiary/aromatic N) is 4. The van der Waals surface area contributed by atoms with Crippen LogP contribution in [0.1, 0.15) is 13.3 Å². The summed E-state index contributed by atoms with van der Waals surface area (Å²) in [6.07, 6.45) is 4.29. The number of amides is 1. The molecule has 9 nitrogen and oxygen atoms in total. The van der Waals surface area contributed by atoms with Crippen molar-refractivity contribution in [3.8, 4) is 0 Å². The van der Waals surface area contributed by atoms with Crippen molar-refractivity contribution in [1.29, 1.82) is 0 Å². The summed E-state index contributed by atoms with van der Waals surface area (Å²) in [4.78, 5) is 25.4. The largest absolute Gasteiger partial charge is 0.355 e. The number of hydrogen-bond acceptors (Lipinski definition) is 7. The highest BCUT2D eigenvalue weighted by molar-refractivity contribution is 7.89. The molecule has 1 amide bonds. The van der Waals surface area contributed by atoms with E-state index in [4.69, 9.17) is 0 Å². The summed E-state index contributed by atoms with van der Waals surface area (Å²) in [6, 6.07) is 8.99. The molecule has 1 fully saturated rings. The molecule has 1 atom stereocenters. The van der Waals surface area contributed by atoms with Crippen molar-refractivity contribution in [2.45, 2.75) is 24.3 Å². The molecule has 0 bridgehead atoms. The minimum atomic E-state index is -3.71. The van der Waals surface area contributed by atoms with E-state index < -0.39 is 16.1 Å². The minimum Gasteiger partial charge on any atom is -0.355 e. The number of sulfonamides is 1. The Morgan fingerprint density at radius 2 is 1.73 bits per heavy atom. The molecule has 2 aromatic rings. The van der Waals surface area contributed by atoms with Crippen LogP contribution in [0.2, 0.25) is 0 Å². The monoisotopic (exact) mass is 432 g/mol. The Hall–Kier alpha value is -2.56. The summed E-state index contributed by atoms with van der Waals surface area (Å²) in [7, 11) is -3.71. The van der Waals surface area contributed by atoms with E-state index in [2.05, 4.69) is 29.8 Å². The zero-order valence-electron chi connectivity index (χ0n) is 17.1. The van der Waals surface area contributed by atoms with Crippen molar-refractivity contribution in [1.82, 2.24) is 24.9 Å². The summed E-state index contributed by atoms with van der Waals surface area (Å²) in [5, 5.41) is 2.81. The van der Waals surface area contributed by atoms with Gasteiger partial charge in [0.2, 0.25) is 21.9 Å². The van der Waals surface area contributed by atoms with Gasteiger partial charge in [-0.15, -0.1) is 0 Å². The third-order valence-corrected chi connectivity index (χ3v) is 6.49. The van der Waals surface area contributed by atoms with Gasteiger partial charge in [-0.1, -0.05) is 18.2 Å². The van der Waals surface area contributed by atoms with E-state index in [1.165, 1.54) is 12.1 Å². The fourth-order valence-corrected chi connectivity index (χ4v) is 4.47. The van der Waals surface area contributed by atoms with Gasteiger partial charge in [-0.05, 0) is 38.1 Å². The lowest BCUT2D eigenvalue weighted by molar-refractivity contribution is -0.122. The van der Waals surface area contributed by atoms with Gasteiger partial charge in [-0.3, -0.25) is 9.69 Å². The molecule has 1 aliphatic heterocycles. The molecule has 0 aliphatic carbocycles. The smallest absolute Gasteiger partial charge is 0.241 e. The van der Waals surface area contributed by atoms with Gasteiger partial charge >= 0.3 is 0 Å². The number of nitrogens with one attached hydrogen (secondary N) is 2. The Morgan fingerprint density at radius 1 is 1.07 bits per heavy atom. The normalized spacial score (nSPS) is 16.2. The lowest BCUT2D eigenvalue weighted by Gasteiger charge is -2.34. The number of aromatic nitrogens is 2. The molecule has 0 unspecified atom stereocenters. The third kappa shape index (κ3) is 6.22. The summed E-state index contributed by atoms with van der Waals surface area (Å²) >= 11 is 0. The summed E-state index contributed by atoms with van der Waals surface area (Å²) in [5.41, 5.74) is 0. The SMILES string of the molecule is C[C@H](NS(=O)(=O)c1ccccc1)C(=O)NCCCN1CCN(c2ncccn2)CC1. The number of anilines is 1. The van der Waals surface area contributed by atoms with E-state index in [0.717, 1.165) is 45.1 Å². The van der Waals surface area contributed by atoms with Crippen LogP contribution in [0.3, 0.4) is 0 Å². The maximum absolute atomic E-state index is 12.3. The molecule has 1 aliphatic rings. The molecule has 0 radical (unpaired) electrons. The van der Waals surface area contributed by atoms with Gasteiger partial charge in [0.1, 0.15) is 0 Å². The molecule has 1 aromatic carbocycles. The Balaban J connectivity index is 1.34. The second kappa shape index (κ2) is 10.5. The average Bonchev–Trinajstić information content (AvgIpc) is 2.78. The lowest BCUT2D eigenvalue weighted by atomic mass is 10.3. The highest BCUT2D eigenvalue weighted by Crippen LogP contribution is 2.10. The maximum Gasteiger partial charge on any atom is 0.241 e. The van der Waals surface area contributed by atoms with Crippen molar-refractivity contribution in [2.24, 2.45) is 0 Å². The standard InChI is InChI=1S/C20H28N6O3S/c1-17(24-30(28,29)18-7-3-2-4-8-18)19(27)21-11-6-12-25-13-15-26(16-14-25)20-22-9-5-10-23-20/h2-5,7-10,17,24H,6,11-16H2,1H3,(H,21,27)/t17-/m0/s1. The molecule has 1 aromatic heterocycles. The summed E-state index contributed by atoms with van der Waals surface area (Å²) in [6.45, 7) is 6.48. The zero-order valence-corrected chi connectivity index (χ0v) is 17.9. The molecule has 0 spiro atoms. The first-order valence-corrected chi connectivity index (χ1v) is 11.5. The molecule has 3 rings (SSSR count). The number of benzene rings is 1. The molecule has 1 saturated heterocycles. The second-order valence-corrected chi connectivity index (χ2v) is 8.89. The van der Waals surface area contributed by atoms with Gasteiger partial charge < -0.3 is 10.2 Å². The molecule has 162 valence electrons. The van der Waals surface area contributed by atoms with Crippen LogP contribution >= 0.6 is 0 Å². The van der Waals surface area contributed by atoms with Crippen LogP contribution in [0.15, 0.2) is 53.7 Å². The molecule has 0 saturated carbocycles. The number of rotatable bonds is 9. The van der Waals surface area contributed by atoms with Gasteiger partial charge in [0, 0.05) is 45.1 Å². The topological polar surface area (TPSA) is 108 Å².